The van der Waals surface area contributed by atoms with E-state index in [2.05, 4.69) is 10.1 Å². The predicted molar refractivity (Wildman–Crippen MR) is 154 cm³/mol. The highest BCUT2D eigenvalue weighted by Crippen LogP contribution is 2.48. The number of rotatable bonds is 5. The van der Waals surface area contributed by atoms with Gasteiger partial charge in [-0.25, -0.2) is 9.07 Å². The van der Waals surface area contributed by atoms with Crippen molar-refractivity contribution in [3.8, 4) is 16.9 Å². The molecule has 6 aromatic rings. The SMILES string of the molecule is Cc1[nH]n(-c2ccccc2)c(=O)c1-c1[nH]c2ccccc2c1C1C(=O)N(Cc2ccccc2)c2c(F)cccc21. The summed E-state index contributed by atoms with van der Waals surface area (Å²) in [5.41, 5.74) is 5.37. The highest BCUT2D eigenvalue weighted by molar-refractivity contribution is 6.10. The van der Waals surface area contributed by atoms with Crippen LogP contribution < -0.4 is 10.5 Å². The third-order valence-electron chi connectivity index (χ3n) is 7.67. The van der Waals surface area contributed by atoms with Crippen molar-refractivity contribution in [3.05, 3.63) is 142 Å². The molecule has 7 heteroatoms. The Hall–Kier alpha value is -5.17. The van der Waals surface area contributed by atoms with Crippen molar-refractivity contribution in [2.24, 2.45) is 0 Å². The van der Waals surface area contributed by atoms with Gasteiger partial charge in [-0.1, -0.05) is 78.9 Å². The van der Waals surface area contributed by atoms with Crippen LogP contribution in [-0.2, 0) is 11.3 Å². The fourth-order valence-electron chi connectivity index (χ4n) is 5.91. The van der Waals surface area contributed by atoms with Gasteiger partial charge < -0.3 is 9.88 Å². The van der Waals surface area contributed by atoms with Gasteiger partial charge >= 0.3 is 0 Å². The number of anilines is 1. The smallest absolute Gasteiger partial charge is 0.280 e. The number of fused-ring (bicyclic) bond motifs is 2. The molecular formula is C33H25FN4O2. The molecule has 0 aliphatic carbocycles. The number of H-pyrrole nitrogens is 2. The van der Waals surface area contributed by atoms with Crippen LogP contribution in [0.3, 0.4) is 0 Å². The molecule has 6 nitrogen and oxygen atoms in total. The lowest BCUT2D eigenvalue weighted by molar-refractivity contribution is -0.118. The standard InChI is InChI=1S/C33H25FN4O2/c1-20-27(33(40)38(36-20)22-13-6-3-7-14-22)30-28(23-15-8-9-18-26(23)35-30)29-24-16-10-17-25(34)31(24)37(32(29)39)19-21-11-4-2-5-12-21/h2-18,29,35-36H,19H2,1H3. The van der Waals surface area contributed by atoms with Crippen molar-refractivity contribution in [1.82, 2.24) is 14.8 Å². The van der Waals surface area contributed by atoms with E-state index in [0.717, 1.165) is 16.5 Å². The molecule has 196 valence electrons. The number of benzene rings is 4. The number of amides is 1. The summed E-state index contributed by atoms with van der Waals surface area (Å²) in [4.78, 5) is 33.1. The number of aromatic amines is 2. The van der Waals surface area contributed by atoms with Crippen molar-refractivity contribution >= 4 is 22.5 Å². The number of nitrogens with one attached hydrogen (secondary N) is 2. The molecule has 0 saturated carbocycles. The van der Waals surface area contributed by atoms with Crippen LogP contribution in [0.1, 0.15) is 28.3 Å². The third kappa shape index (κ3) is 3.62. The molecule has 4 aromatic carbocycles. The Kier molecular flexibility index (Phi) is 5.52. The van der Waals surface area contributed by atoms with E-state index < -0.39 is 11.7 Å². The zero-order chi connectivity index (χ0) is 27.4. The summed E-state index contributed by atoms with van der Waals surface area (Å²) in [6.07, 6.45) is 0. The number of carbonyl (C=O) groups excluding carboxylic acids is 1. The van der Waals surface area contributed by atoms with E-state index >= 15 is 4.39 Å². The maximum absolute atomic E-state index is 15.4. The Morgan fingerprint density at radius 2 is 1.52 bits per heavy atom. The summed E-state index contributed by atoms with van der Waals surface area (Å²) in [7, 11) is 0. The molecule has 0 bridgehead atoms. The predicted octanol–water partition coefficient (Wildman–Crippen LogP) is 6.44. The summed E-state index contributed by atoms with van der Waals surface area (Å²) in [5.74, 6) is -1.47. The van der Waals surface area contributed by atoms with Gasteiger partial charge in [-0.3, -0.25) is 14.7 Å². The van der Waals surface area contributed by atoms with Crippen molar-refractivity contribution in [3.63, 3.8) is 0 Å². The van der Waals surface area contributed by atoms with Gasteiger partial charge in [-0.15, -0.1) is 0 Å². The zero-order valence-electron chi connectivity index (χ0n) is 21.7. The highest BCUT2D eigenvalue weighted by Gasteiger charge is 2.43. The van der Waals surface area contributed by atoms with Crippen LogP contribution in [0.25, 0.3) is 27.8 Å². The molecule has 1 unspecified atom stereocenters. The molecule has 0 saturated heterocycles. The van der Waals surface area contributed by atoms with E-state index in [1.165, 1.54) is 15.6 Å². The molecule has 2 aromatic heterocycles. The van der Waals surface area contributed by atoms with Crippen molar-refractivity contribution < 1.29 is 9.18 Å². The topological polar surface area (TPSA) is 73.9 Å². The largest absolute Gasteiger partial charge is 0.354 e. The second-order valence-electron chi connectivity index (χ2n) is 10.1. The van der Waals surface area contributed by atoms with Crippen LogP contribution in [0, 0.1) is 12.7 Å². The second-order valence-corrected chi connectivity index (χ2v) is 10.1. The first kappa shape index (κ1) is 23.9. The number of hydrogen-bond donors (Lipinski definition) is 2. The first-order valence-electron chi connectivity index (χ1n) is 13.1. The lowest BCUT2D eigenvalue weighted by Gasteiger charge is -2.19. The average molecular weight is 529 g/mol. The maximum Gasteiger partial charge on any atom is 0.280 e. The average Bonchev–Trinajstić information content (AvgIpc) is 3.58. The maximum atomic E-state index is 15.4. The quantitative estimate of drug-likeness (QED) is 0.270. The monoisotopic (exact) mass is 528 g/mol. The number of para-hydroxylation sites is 3. The van der Waals surface area contributed by atoms with Crippen molar-refractivity contribution in [2.75, 3.05) is 4.90 Å². The molecule has 3 heterocycles. The van der Waals surface area contributed by atoms with Gasteiger partial charge in [0, 0.05) is 22.2 Å². The van der Waals surface area contributed by atoms with E-state index in [1.54, 1.807) is 6.07 Å². The number of aromatic nitrogens is 3. The van der Waals surface area contributed by atoms with Crippen LogP contribution in [0.2, 0.25) is 0 Å². The Morgan fingerprint density at radius 1 is 0.825 bits per heavy atom. The van der Waals surface area contributed by atoms with Gasteiger partial charge in [0.1, 0.15) is 5.82 Å². The number of carbonyl (C=O) groups is 1. The van der Waals surface area contributed by atoms with Crippen LogP contribution in [-0.4, -0.2) is 20.7 Å². The minimum Gasteiger partial charge on any atom is -0.354 e. The molecule has 2 N–H and O–H groups in total. The Balaban J connectivity index is 1.46. The lowest BCUT2D eigenvalue weighted by Crippen LogP contribution is -2.29. The van der Waals surface area contributed by atoms with E-state index in [0.29, 0.717) is 33.8 Å². The van der Waals surface area contributed by atoms with Crippen LogP contribution >= 0.6 is 0 Å². The number of aryl methyl sites for hydroxylation is 1. The molecule has 0 radical (unpaired) electrons. The third-order valence-corrected chi connectivity index (χ3v) is 7.67. The Labute approximate surface area is 229 Å². The normalized spacial score (nSPS) is 14.7. The molecule has 0 spiro atoms. The first-order chi connectivity index (χ1) is 19.5. The first-order valence-corrected chi connectivity index (χ1v) is 13.1. The van der Waals surface area contributed by atoms with Gasteiger partial charge in [0.25, 0.3) is 5.56 Å². The summed E-state index contributed by atoms with van der Waals surface area (Å²) < 4.78 is 16.9. The summed E-state index contributed by atoms with van der Waals surface area (Å²) >= 11 is 0. The van der Waals surface area contributed by atoms with Gasteiger partial charge in [-0.05, 0) is 42.3 Å². The molecule has 1 atom stereocenters. The fraction of sp³-hybridized carbons (Fsp3) is 0.0909. The fourth-order valence-corrected chi connectivity index (χ4v) is 5.91. The van der Waals surface area contributed by atoms with E-state index in [1.807, 2.05) is 97.9 Å². The summed E-state index contributed by atoms with van der Waals surface area (Å²) in [6.45, 7) is 2.09. The Bertz CT molecular complexity index is 1950. The van der Waals surface area contributed by atoms with Crippen molar-refractivity contribution in [1.29, 1.82) is 0 Å². The molecule has 1 aliphatic heterocycles. The molecule has 40 heavy (non-hydrogen) atoms. The minimum atomic E-state index is -0.792. The highest BCUT2D eigenvalue weighted by atomic mass is 19.1. The van der Waals surface area contributed by atoms with Crippen molar-refractivity contribution in [2.45, 2.75) is 19.4 Å². The zero-order valence-corrected chi connectivity index (χ0v) is 21.7. The summed E-state index contributed by atoms with van der Waals surface area (Å²) in [5, 5.41) is 4.02. The Morgan fingerprint density at radius 3 is 2.30 bits per heavy atom. The minimum absolute atomic E-state index is 0.230. The second kappa shape index (κ2) is 9.24. The van der Waals surface area contributed by atoms with Crippen LogP contribution in [0.4, 0.5) is 10.1 Å². The molecule has 1 aliphatic rings. The van der Waals surface area contributed by atoms with Crippen LogP contribution in [0.5, 0.6) is 0 Å². The van der Waals surface area contributed by atoms with Crippen LogP contribution in [0.15, 0.2) is 108 Å². The number of halogens is 1. The van der Waals surface area contributed by atoms with Gasteiger partial charge in [-0.2, -0.15) is 0 Å². The van der Waals surface area contributed by atoms with Gasteiger partial charge in [0.2, 0.25) is 5.91 Å². The van der Waals surface area contributed by atoms with E-state index in [-0.39, 0.29) is 23.7 Å². The molecule has 7 rings (SSSR count). The lowest BCUT2D eigenvalue weighted by atomic mass is 9.88. The number of hydrogen-bond acceptors (Lipinski definition) is 2. The van der Waals surface area contributed by atoms with E-state index in [9.17, 15) is 9.59 Å². The molecule has 0 fully saturated rings. The van der Waals surface area contributed by atoms with Gasteiger partial charge in [0.05, 0.1) is 35.1 Å². The van der Waals surface area contributed by atoms with Gasteiger partial charge in [0.15, 0.2) is 0 Å². The number of nitrogens with zero attached hydrogens (tertiary/aromatic N) is 2. The summed E-state index contributed by atoms with van der Waals surface area (Å²) in [6, 6.07) is 31.4. The van der Waals surface area contributed by atoms with E-state index in [4.69, 9.17) is 0 Å². The molecule has 1 amide bonds. The molecular weight excluding hydrogens is 503 g/mol.